The van der Waals surface area contributed by atoms with Gasteiger partial charge in [0.1, 0.15) is 12.4 Å². The second-order valence-corrected chi connectivity index (χ2v) is 4.32. The third-order valence-electron chi connectivity index (χ3n) is 2.44. The van der Waals surface area contributed by atoms with Crippen LogP contribution in [0.1, 0.15) is 11.1 Å². The van der Waals surface area contributed by atoms with Crippen LogP contribution in [0.4, 0.5) is 5.69 Å². The second-order valence-electron chi connectivity index (χ2n) is 4.32. The van der Waals surface area contributed by atoms with Crippen LogP contribution in [-0.2, 0) is 0 Å². The van der Waals surface area contributed by atoms with Gasteiger partial charge in [-0.1, -0.05) is 0 Å². The topological polar surface area (TPSA) is 55.6 Å². The predicted octanol–water partition coefficient (Wildman–Crippen LogP) is 2.15. The smallest absolute Gasteiger partial charge is 0.270 e. The molecule has 0 unspecified atom stereocenters. The molecule has 0 saturated carbocycles. The van der Waals surface area contributed by atoms with E-state index < -0.39 is 0 Å². The molecule has 0 N–H and O–H groups in total. The lowest BCUT2D eigenvalue weighted by Crippen LogP contribution is -2.19. The molecule has 17 heavy (non-hydrogen) atoms. The Bertz CT molecular complexity index is 393. The van der Waals surface area contributed by atoms with Crippen molar-refractivity contribution in [3.63, 3.8) is 0 Å². The largest absolute Gasteiger partial charge is 0.492 e. The Hall–Kier alpha value is -1.62. The Kier molecular flexibility index (Phi) is 4.45. The summed E-state index contributed by atoms with van der Waals surface area (Å²) < 4.78 is 5.65. The first-order valence-corrected chi connectivity index (χ1v) is 5.45. The molecule has 0 aliphatic carbocycles. The number of ether oxygens (including phenoxy) is 1. The zero-order valence-corrected chi connectivity index (χ0v) is 10.7. The SMILES string of the molecule is Cc1cc([N+](=O)[O-])cc(C)c1OCCN(C)C. The predicted molar refractivity (Wildman–Crippen MR) is 66.6 cm³/mol. The highest BCUT2D eigenvalue weighted by atomic mass is 16.6. The van der Waals surface area contributed by atoms with Crippen molar-refractivity contribution in [2.24, 2.45) is 0 Å². The number of nitrogens with zero attached hydrogens (tertiary/aromatic N) is 2. The van der Waals surface area contributed by atoms with E-state index >= 15 is 0 Å². The summed E-state index contributed by atoms with van der Waals surface area (Å²) in [5.41, 5.74) is 1.71. The molecule has 0 heterocycles. The van der Waals surface area contributed by atoms with Crippen molar-refractivity contribution >= 4 is 5.69 Å². The minimum atomic E-state index is -0.385. The van der Waals surface area contributed by atoms with Crippen LogP contribution in [0, 0.1) is 24.0 Å². The fourth-order valence-electron chi connectivity index (χ4n) is 1.59. The Labute approximate surface area is 101 Å². The minimum Gasteiger partial charge on any atom is -0.492 e. The fourth-order valence-corrected chi connectivity index (χ4v) is 1.59. The molecule has 0 spiro atoms. The maximum atomic E-state index is 10.7. The molecule has 0 amide bonds. The van der Waals surface area contributed by atoms with Gasteiger partial charge in [-0.05, 0) is 39.1 Å². The molecule has 0 bridgehead atoms. The lowest BCUT2D eigenvalue weighted by molar-refractivity contribution is -0.385. The molecule has 1 aromatic carbocycles. The van der Waals surface area contributed by atoms with Crippen LogP contribution in [0.15, 0.2) is 12.1 Å². The van der Waals surface area contributed by atoms with Crippen LogP contribution in [0.3, 0.4) is 0 Å². The Morgan fingerprint density at radius 2 is 1.82 bits per heavy atom. The van der Waals surface area contributed by atoms with Crippen molar-refractivity contribution in [1.82, 2.24) is 4.90 Å². The number of rotatable bonds is 5. The molecule has 0 saturated heterocycles. The first kappa shape index (κ1) is 13.4. The Balaban J connectivity index is 2.83. The lowest BCUT2D eigenvalue weighted by atomic mass is 10.1. The molecule has 0 atom stereocenters. The number of hydrogen-bond donors (Lipinski definition) is 0. The second kappa shape index (κ2) is 5.63. The average Bonchev–Trinajstić information content (AvgIpc) is 2.21. The standard InChI is InChI=1S/C12H18N2O3/c1-9-7-11(14(15)16)8-10(2)12(9)17-6-5-13(3)4/h7-8H,5-6H2,1-4H3. The van der Waals surface area contributed by atoms with Gasteiger partial charge in [0.2, 0.25) is 0 Å². The van der Waals surface area contributed by atoms with E-state index in [2.05, 4.69) is 0 Å². The van der Waals surface area contributed by atoms with Crippen molar-refractivity contribution in [3.05, 3.63) is 33.4 Å². The molecule has 0 radical (unpaired) electrons. The van der Waals surface area contributed by atoms with Gasteiger partial charge in [0.05, 0.1) is 4.92 Å². The van der Waals surface area contributed by atoms with Gasteiger partial charge < -0.3 is 9.64 Å². The number of hydrogen-bond acceptors (Lipinski definition) is 4. The summed E-state index contributed by atoms with van der Waals surface area (Å²) in [5.74, 6) is 0.748. The van der Waals surface area contributed by atoms with Crippen molar-refractivity contribution in [1.29, 1.82) is 0 Å². The number of non-ortho nitro benzene ring substituents is 1. The van der Waals surface area contributed by atoms with E-state index in [9.17, 15) is 10.1 Å². The van der Waals surface area contributed by atoms with E-state index in [1.807, 2.05) is 32.8 Å². The number of likely N-dealkylation sites (N-methyl/N-ethyl adjacent to an activating group) is 1. The minimum absolute atomic E-state index is 0.111. The van der Waals surface area contributed by atoms with Crippen molar-refractivity contribution in [2.75, 3.05) is 27.2 Å². The summed E-state index contributed by atoms with van der Waals surface area (Å²) >= 11 is 0. The van der Waals surface area contributed by atoms with E-state index in [0.717, 1.165) is 23.4 Å². The summed E-state index contributed by atoms with van der Waals surface area (Å²) in [5, 5.41) is 10.7. The van der Waals surface area contributed by atoms with Crippen LogP contribution in [0.25, 0.3) is 0 Å². The normalized spacial score (nSPS) is 10.6. The first-order chi connectivity index (χ1) is 7.91. The summed E-state index contributed by atoms with van der Waals surface area (Å²) in [6.07, 6.45) is 0. The molecular formula is C12H18N2O3. The maximum Gasteiger partial charge on any atom is 0.270 e. The quantitative estimate of drug-likeness (QED) is 0.582. The number of aryl methyl sites for hydroxylation is 2. The van der Waals surface area contributed by atoms with Crippen molar-refractivity contribution < 1.29 is 9.66 Å². The van der Waals surface area contributed by atoms with Crippen LogP contribution < -0.4 is 4.74 Å². The zero-order chi connectivity index (χ0) is 13.0. The maximum absolute atomic E-state index is 10.7. The molecule has 1 aromatic rings. The van der Waals surface area contributed by atoms with E-state index in [-0.39, 0.29) is 10.6 Å². The summed E-state index contributed by atoms with van der Waals surface area (Å²) in [6.45, 7) is 5.04. The summed E-state index contributed by atoms with van der Waals surface area (Å²) in [7, 11) is 3.94. The van der Waals surface area contributed by atoms with Gasteiger partial charge in [0, 0.05) is 18.7 Å². The first-order valence-electron chi connectivity index (χ1n) is 5.45. The van der Waals surface area contributed by atoms with E-state index in [0.29, 0.717) is 6.61 Å². The Morgan fingerprint density at radius 1 is 1.29 bits per heavy atom. The lowest BCUT2D eigenvalue weighted by Gasteiger charge is -2.14. The molecule has 0 aliphatic heterocycles. The zero-order valence-electron chi connectivity index (χ0n) is 10.7. The highest BCUT2D eigenvalue weighted by molar-refractivity contribution is 5.48. The third-order valence-corrected chi connectivity index (χ3v) is 2.44. The summed E-state index contributed by atoms with van der Waals surface area (Å²) in [4.78, 5) is 12.3. The van der Waals surface area contributed by atoms with Gasteiger partial charge in [-0.3, -0.25) is 10.1 Å². The van der Waals surface area contributed by atoms with Gasteiger partial charge in [-0.15, -0.1) is 0 Å². The van der Waals surface area contributed by atoms with Crippen molar-refractivity contribution in [3.8, 4) is 5.75 Å². The highest BCUT2D eigenvalue weighted by Gasteiger charge is 2.12. The van der Waals surface area contributed by atoms with Gasteiger partial charge >= 0.3 is 0 Å². The molecular weight excluding hydrogens is 220 g/mol. The van der Waals surface area contributed by atoms with Crippen LogP contribution in [0.2, 0.25) is 0 Å². The molecule has 94 valence electrons. The molecule has 0 fully saturated rings. The monoisotopic (exact) mass is 238 g/mol. The molecule has 5 heteroatoms. The molecule has 1 rings (SSSR count). The van der Waals surface area contributed by atoms with Crippen LogP contribution in [-0.4, -0.2) is 37.1 Å². The van der Waals surface area contributed by atoms with Crippen LogP contribution >= 0.6 is 0 Å². The van der Waals surface area contributed by atoms with Gasteiger partial charge in [0.15, 0.2) is 0 Å². The van der Waals surface area contributed by atoms with Crippen molar-refractivity contribution in [2.45, 2.75) is 13.8 Å². The van der Waals surface area contributed by atoms with Gasteiger partial charge in [-0.2, -0.15) is 0 Å². The van der Waals surface area contributed by atoms with E-state index in [1.165, 1.54) is 12.1 Å². The fraction of sp³-hybridized carbons (Fsp3) is 0.500. The highest BCUT2D eigenvalue weighted by Crippen LogP contribution is 2.28. The summed E-state index contributed by atoms with van der Waals surface area (Å²) in [6, 6.07) is 3.08. The molecule has 0 aliphatic rings. The van der Waals surface area contributed by atoms with Gasteiger partial charge in [-0.25, -0.2) is 0 Å². The third kappa shape index (κ3) is 3.71. The number of nitro benzene ring substituents is 1. The molecule has 5 nitrogen and oxygen atoms in total. The van der Waals surface area contributed by atoms with E-state index in [4.69, 9.17) is 4.74 Å². The Morgan fingerprint density at radius 3 is 2.24 bits per heavy atom. The average molecular weight is 238 g/mol. The van der Waals surface area contributed by atoms with E-state index in [1.54, 1.807) is 0 Å². The van der Waals surface area contributed by atoms with Crippen LogP contribution in [0.5, 0.6) is 5.75 Å². The molecule has 0 aromatic heterocycles. The van der Waals surface area contributed by atoms with Gasteiger partial charge in [0.25, 0.3) is 5.69 Å². The number of nitro groups is 1. The number of benzene rings is 1.